The zero-order valence-corrected chi connectivity index (χ0v) is 19.3. The molecule has 170 valence electrons. The van der Waals surface area contributed by atoms with Crippen LogP contribution in [0.1, 0.15) is 63.0 Å². The molecular weight excluding hydrogens is 386 g/mol. The van der Waals surface area contributed by atoms with Crippen molar-refractivity contribution in [3.8, 4) is 5.75 Å². The summed E-state index contributed by atoms with van der Waals surface area (Å²) in [5.41, 5.74) is 1.22. The zero-order valence-electron chi connectivity index (χ0n) is 19.3. The van der Waals surface area contributed by atoms with Gasteiger partial charge in [0.05, 0.1) is 25.4 Å². The molecule has 0 radical (unpaired) electrons. The summed E-state index contributed by atoms with van der Waals surface area (Å²) < 4.78 is 11.4. The Labute approximate surface area is 188 Å². The Kier molecular flexibility index (Phi) is 9.38. The summed E-state index contributed by atoms with van der Waals surface area (Å²) in [6.07, 6.45) is 5.09. The van der Waals surface area contributed by atoms with Crippen molar-refractivity contribution in [2.45, 2.75) is 57.5 Å². The molecule has 3 rings (SSSR count). The summed E-state index contributed by atoms with van der Waals surface area (Å²) in [6, 6.07) is 18.6. The van der Waals surface area contributed by atoms with E-state index < -0.39 is 5.60 Å². The zero-order chi connectivity index (χ0) is 21.9. The fourth-order valence-corrected chi connectivity index (χ4v) is 4.54. The molecule has 2 atom stereocenters. The lowest BCUT2D eigenvalue weighted by Crippen LogP contribution is -2.45. The highest BCUT2D eigenvalue weighted by atomic mass is 16.5. The molecule has 31 heavy (non-hydrogen) atoms. The normalized spacial score (nSPS) is 17.8. The Morgan fingerprint density at radius 2 is 1.68 bits per heavy atom. The van der Waals surface area contributed by atoms with Crippen molar-refractivity contribution >= 4 is 0 Å². The van der Waals surface area contributed by atoms with Crippen molar-refractivity contribution in [3.05, 3.63) is 65.7 Å². The van der Waals surface area contributed by atoms with Crippen molar-refractivity contribution < 1.29 is 14.6 Å². The van der Waals surface area contributed by atoms with Crippen LogP contribution in [0.25, 0.3) is 0 Å². The Bertz CT molecular complexity index is 743. The van der Waals surface area contributed by atoms with Crippen LogP contribution >= 0.6 is 0 Å². The van der Waals surface area contributed by atoms with Gasteiger partial charge in [-0.3, -0.25) is 4.90 Å². The van der Waals surface area contributed by atoms with Gasteiger partial charge in [-0.1, -0.05) is 75.6 Å². The molecule has 2 aromatic carbocycles. The van der Waals surface area contributed by atoms with Gasteiger partial charge in [-0.25, -0.2) is 0 Å². The van der Waals surface area contributed by atoms with Gasteiger partial charge in [0, 0.05) is 25.6 Å². The van der Waals surface area contributed by atoms with Gasteiger partial charge in [0.2, 0.25) is 0 Å². The summed E-state index contributed by atoms with van der Waals surface area (Å²) >= 11 is 0. The lowest BCUT2D eigenvalue weighted by atomic mass is 9.74. The minimum Gasteiger partial charge on any atom is -0.494 e. The molecule has 0 saturated carbocycles. The summed E-state index contributed by atoms with van der Waals surface area (Å²) in [6.45, 7) is 9.26. The molecule has 2 aromatic rings. The van der Waals surface area contributed by atoms with Crippen LogP contribution in [0.2, 0.25) is 0 Å². The van der Waals surface area contributed by atoms with Crippen LogP contribution in [0.3, 0.4) is 0 Å². The molecule has 1 N–H and O–H groups in total. The van der Waals surface area contributed by atoms with Crippen molar-refractivity contribution in [1.82, 2.24) is 4.90 Å². The summed E-state index contributed by atoms with van der Waals surface area (Å²) in [5.74, 6) is 0.867. The van der Waals surface area contributed by atoms with E-state index in [2.05, 4.69) is 55.1 Å². The van der Waals surface area contributed by atoms with Crippen molar-refractivity contribution in [3.63, 3.8) is 0 Å². The first-order valence-electron chi connectivity index (χ1n) is 12.0. The van der Waals surface area contributed by atoms with Gasteiger partial charge in [-0.05, 0) is 36.1 Å². The number of hydrogen-bond donors (Lipinski definition) is 1. The maximum atomic E-state index is 12.2. The summed E-state index contributed by atoms with van der Waals surface area (Å²) in [7, 11) is 0. The molecule has 0 bridgehead atoms. The van der Waals surface area contributed by atoms with Gasteiger partial charge in [0.15, 0.2) is 0 Å². The van der Waals surface area contributed by atoms with Crippen molar-refractivity contribution in [1.29, 1.82) is 0 Å². The Balaban J connectivity index is 1.85. The fourth-order valence-electron chi connectivity index (χ4n) is 4.54. The Hall–Kier alpha value is -1.88. The number of hydrogen-bond acceptors (Lipinski definition) is 4. The molecule has 0 amide bonds. The number of unbranched alkanes of at least 4 members (excludes halogenated alkanes) is 2. The maximum absolute atomic E-state index is 12.2. The van der Waals surface area contributed by atoms with Crippen LogP contribution < -0.4 is 4.74 Å². The van der Waals surface area contributed by atoms with Gasteiger partial charge in [0.1, 0.15) is 5.75 Å². The van der Waals surface area contributed by atoms with Gasteiger partial charge in [0.25, 0.3) is 0 Å². The summed E-state index contributed by atoms with van der Waals surface area (Å²) in [5, 5.41) is 12.2. The van der Waals surface area contributed by atoms with Crippen LogP contribution in [-0.2, 0) is 10.3 Å². The largest absolute Gasteiger partial charge is 0.494 e. The van der Waals surface area contributed by atoms with Gasteiger partial charge < -0.3 is 14.6 Å². The number of benzene rings is 2. The average molecular weight is 426 g/mol. The van der Waals surface area contributed by atoms with Gasteiger partial charge in [-0.15, -0.1) is 0 Å². The van der Waals surface area contributed by atoms with Crippen LogP contribution in [0.4, 0.5) is 0 Å². The average Bonchev–Trinajstić information content (AvgIpc) is 2.82. The SMILES string of the molecule is CCCCCOc1ccc([C@](O)(CCC)[C@H](CN2CCOCC2)c2ccccc2)cc1. The van der Waals surface area contributed by atoms with Crippen molar-refractivity contribution in [2.75, 3.05) is 39.5 Å². The molecule has 0 spiro atoms. The third-order valence-corrected chi connectivity index (χ3v) is 6.32. The van der Waals surface area contributed by atoms with Gasteiger partial charge in [-0.2, -0.15) is 0 Å². The van der Waals surface area contributed by atoms with Gasteiger partial charge >= 0.3 is 0 Å². The van der Waals surface area contributed by atoms with E-state index in [0.29, 0.717) is 6.42 Å². The van der Waals surface area contributed by atoms with E-state index in [0.717, 1.165) is 63.6 Å². The molecule has 0 aliphatic carbocycles. The lowest BCUT2D eigenvalue weighted by Gasteiger charge is -2.41. The molecule has 4 nitrogen and oxygen atoms in total. The Morgan fingerprint density at radius 1 is 0.968 bits per heavy atom. The second kappa shape index (κ2) is 12.2. The highest BCUT2D eigenvalue weighted by molar-refractivity contribution is 5.35. The number of ether oxygens (including phenoxy) is 2. The molecule has 1 heterocycles. The topological polar surface area (TPSA) is 41.9 Å². The Morgan fingerprint density at radius 3 is 2.32 bits per heavy atom. The predicted octanol–water partition coefficient (Wildman–Crippen LogP) is 5.36. The standard InChI is InChI=1S/C27H39NO3/c1-3-5-9-19-31-25-14-12-24(13-15-25)27(29,16-4-2)26(23-10-7-6-8-11-23)22-28-17-20-30-21-18-28/h6-8,10-15,26,29H,3-5,9,16-22H2,1-2H3/t26-,27-/m1/s1. The van der Waals surface area contributed by atoms with Crippen molar-refractivity contribution in [2.24, 2.45) is 0 Å². The molecular formula is C27H39NO3. The molecule has 1 aliphatic rings. The lowest BCUT2D eigenvalue weighted by molar-refractivity contribution is -0.0285. The minimum atomic E-state index is -0.935. The van der Waals surface area contributed by atoms with Crippen LogP contribution in [0.15, 0.2) is 54.6 Å². The number of rotatable bonds is 12. The first-order chi connectivity index (χ1) is 15.2. The maximum Gasteiger partial charge on any atom is 0.119 e. The first-order valence-corrected chi connectivity index (χ1v) is 12.0. The smallest absolute Gasteiger partial charge is 0.119 e. The van der Waals surface area contributed by atoms with E-state index in [1.165, 1.54) is 18.4 Å². The quantitative estimate of drug-likeness (QED) is 0.465. The highest BCUT2D eigenvalue weighted by Crippen LogP contribution is 2.42. The van der Waals surface area contributed by atoms with Crippen LogP contribution in [0.5, 0.6) is 5.75 Å². The van der Waals surface area contributed by atoms with Crippen LogP contribution in [0, 0.1) is 0 Å². The second-order valence-corrected chi connectivity index (χ2v) is 8.63. The van der Waals surface area contributed by atoms with E-state index in [9.17, 15) is 5.11 Å². The monoisotopic (exact) mass is 425 g/mol. The third-order valence-electron chi connectivity index (χ3n) is 6.32. The third kappa shape index (κ3) is 6.55. The van der Waals surface area contributed by atoms with E-state index in [1.807, 2.05) is 18.2 Å². The molecule has 1 aliphatic heterocycles. The van der Waals surface area contributed by atoms with E-state index in [1.54, 1.807) is 0 Å². The molecule has 1 saturated heterocycles. The minimum absolute atomic E-state index is 0.0110. The predicted molar refractivity (Wildman–Crippen MR) is 127 cm³/mol. The van der Waals surface area contributed by atoms with E-state index >= 15 is 0 Å². The number of aliphatic hydroxyl groups is 1. The van der Waals surface area contributed by atoms with E-state index in [-0.39, 0.29) is 5.92 Å². The summed E-state index contributed by atoms with van der Waals surface area (Å²) in [4.78, 5) is 2.42. The van der Waals surface area contributed by atoms with Crippen LogP contribution in [-0.4, -0.2) is 49.5 Å². The number of morpholine rings is 1. The molecule has 1 fully saturated rings. The molecule has 0 unspecified atom stereocenters. The molecule has 0 aromatic heterocycles. The number of nitrogens with zero attached hydrogens (tertiary/aromatic N) is 1. The second-order valence-electron chi connectivity index (χ2n) is 8.63. The highest BCUT2D eigenvalue weighted by Gasteiger charge is 2.39. The first kappa shape index (κ1) is 23.8. The molecule has 4 heteroatoms. The fraction of sp³-hybridized carbons (Fsp3) is 0.556. The van der Waals surface area contributed by atoms with E-state index in [4.69, 9.17) is 9.47 Å².